The van der Waals surface area contributed by atoms with Crippen LogP contribution < -0.4 is 5.32 Å². The third kappa shape index (κ3) is 5.31. The van der Waals surface area contributed by atoms with Gasteiger partial charge in [-0.3, -0.25) is 9.59 Å². The first kappa shape index (κ1) is 19.4. The molecule has 0 radical (unpaired) electrons. The van der Waals surface area contributed by atoms with E-state index in [-0.39, 0.29) is 11.8 Å². The zero-order chi connectivity index (χ0) is 19.2. The number of hydrogen-bond donors (Lipinski definition) is 1. The van der Waals surface area contributed by atoms with Crippen LogP contribution in [0.15, 0.2) is 35.5 Å². The molecule has 146 valence electrons. The fraction of sp³-hybridized carbons (Fsp3) is 0.571. The van der Waals surface area contributed by atoms with Crippen molar-refractivity contribution in [2.24, 2.45) is 17.0 Å². The van der Waals surface area contributed by atoms with Gasteiger partial charge >= 0.3 is 0 Å². The molecule has 2 heterocycles. The minimum atomic E-state index is -0.449. The van der Waals surface area contributed by atoms with Crippen molar-refractivity contribution in [2.75, 3.05) is 18.4 Å². The molecule has 0 saturated carbocycles. The van der Waals surface area contributed by atoms with Gasteiger partial charge in [-0.2, -0.15) is 0 Å². The van der Waals surface area contributed by atoms with E-state index in [2.05, 4.69) is 24.3 Å². The lowest BCUT2D eigenvalue weighted by molar-refractivity contribution is -0.143. The molecule has 6 heteroatoms. The Morgan fingerprint density at radius 2 is 1.93 bits per heavy atom. The van der Waals surface area contributed by atoms with Crippen molar-refractivity contribution < 1.29 is 14.4 Å². The number of amides is 2. The maximum absolute atomic E-state index is 12.6. The molecule has 1 atom stereocenters. The van der Waals surface area contributed by atoms with Crippen molar-refractivity contribution in [3.63, 3.8) is 0 Å². The highest BCUT2D eigenvalue weighted by atomic mass is 16.6. The van der Waals surface area contributed by atoms with Crippen molar-refractivity contribution in [1.82, 2.24) is 4.90 Å². The van der Waals surface area contributed by atoms with Crippen LogP contribution in [0.2, 0.25) is 0 Å². The summed E-state index contributed by atoms with van der Waals surface area (Å²) in [7, 11) is 0. The summed E-state index contributed by atoms with van der Waals surface area (Å²) >= 11 is 0. The van der Waals surface area contributed by atoms with Gasteiger partial charge in [0, 0.05) is 31.6 Å². The second kappa shape index (κ2) is 9.02. The predicted molar refractivity (Wildman–Crippen MR) is 105 cm³/mol. The minimum Gasteiger partial charge on any atom is -0.382 e. The molecule has 1 aromatic carbocycles. The van der Waals surface area contributed by atoms with Crippen LogP contribution in [0.1, 0.15) is 46.0 Å². The van der Waals surface area contributed by atoms with E-state index >= 15 is 0 Å². The molecule has 2 amide bonds. The fourth-order valence-electron chi connectivity index (χ4n) is 3.60. The van der Waals surface area contributed by atoms with E-state index in [0.29, 0.717) is 24.7 Å². The molecular weight excluding hydrogens is 342 g/mol. The monoisotopic (exact) mass is 371 g/mol. The van der Waals surface area contributed by atoms with Gasteiger partial charge in [-0.05, 0) is 43.2 Å². The van der Waals surface area contributed by atoms with E-state index in [9.17, 15) is 9.59 Å². The number of rotatable bonds is 6. The van der Waals surface area contributed by atoms with Gasteiger partial charge in [0.2, 0.25) is 12.0 Å². The van der Waals surface area contributed by atoms with Gasteiger partial charge in [0.05, 0.1) is 5.71 Å². The maximum Gasteiger partial charge on any atom is 0.266 e. The van der Waals surface area contributed by atoms with Gasteiger partial charge in [0.1, 0.15) is 0 Å². The first-order valence-electron chi connectivity index (χ1n) is 9.89. The summed E-state index contributed by atoms with van der Waals surface area (Å²) in [6.07, 6.45) is 3.42. The largest absolute Gasteiger partial charge is 0.382 e. The Morgan fingerprint density at radius 3 is 2.56 bits per heavy atom. The molecule has 1 aromatic rings. The second-order valence-electron chi connectivity index (χ2n) is 7.76. The lowest BCUT2D eigenvalue weighted by Crippen LogP contribution is -2.44. The van der Waals surface area contributed by atoms with Gasteiger partial charge < -0.3 is 15.1 Å². The molecule has 2 aliphatic heterocycles. The van der Waals surface area contributed by atoms with Gasteiger partial charge in [0.15, 0.2) is 0 Å². The van der Waals surface area contributed by atoms with E-state index < -0.39 is 6.10 Å². The van der Waals surface area contributed by atoms with Crippen molar-refractivity contribution >= 4 is 23.2 Å². The second-order valence-corrected chi connectivity index (χ2v) is 7.76. The van der Waals surface area contributed by atoms with Crippen molar-refractivity contribution in [2.45, 2.75) is 52.1 Å². The summed E-state index contributed by atoms with van der Waals surface area (Å²) < 4.78 is 0. The number of oxime groups is 1. The number of piperidine rings is 1. The number of benzene rings is 1. The van der Waals surface area contributed by atoms with Crippen molar-refractivity contribution in [3.8, 4) is 0 Å². The van der Waals surface area contributed by atoms with Crippen molar-refractivity contribution in [3.05, 3.63) is 30.3 Å². The SMILES string of the molecule is CC(C)C1=NO[C@@H](C(=O)N2CCC(CCC(=O)Nc3ccccc3)CC2)C1. The Kier molecular flexibility index (Phi) is 6.48. The maximum atomic E-state index is 12.6. The van der Waals surface area contributed by atoms with E-state index in [4.69, 9.17) is 4.84 Å². The summed E-state index contributed by atoms with van der Waals surface area (Å²) in [5, 5.41) is 6.98. The van der Waals surface area contributed by atoms with Crippen LogP contribution in [0.25, 0.3) is 0 Å². The normalized spacial score (nSPS) is 20.3. The van der Waals surface area contributed by atoms with Gasteiger partial charge in [-0.1, -0.05) is 37.2 Å². The third-order valence-corrected chi connectivity index (χ3v) is 5.40. The topological polar surface area (TPSA) is 71.0 Å². The van der Waals surface area contributed by atoms with E-state index in [0.717, 1.165) is 43.8 Å². The smallest absolute Gasteiger partial charge is 0.266 e. The van der Waals surface area contributed by atoms with Gasteiger partial charge in [-0.25, -0.2) is 0 Å². The average Bonchev–Trinajstić information content (AvgIpc) is 3.18. The summed E-state index contributed by atoms with van der Waals surface area (Å²) in [5.41, 5.74) is 1.80. The highest BCUT2D eigenvalue weighted by Crippen LogP contribution is 2.25. The Labute approximate surface area is 160 Å². The van der Waals surface area contributed by atoms with Crippen LogP contribution in [0.3, 0.4) is 0 Å². The zero-order valence-corrected chi connectivity index (χ0v) is 16.2. The molecule has 1 saturated heterocycles. The van der Waals surface area contributed by atoms with Crippen LogP contribution in [0, 0.1) is 11.8 Å². The molecule has 0 aliphatic carbocycles. The highest BCUT2D eigenvalue weighted by Gasteiger charge is 2.34. The number of anilines is 1. The Bertz CT molecular complexity index is 679. The Hall–Kier alpha value is -2.37. The average molecular weight is 371 g/mol. The van der Waals surface area contributed by atoms with Crippen LogP contribution >= 0.6 is 0 Å². The number of likely N-dealkylation sites (tertiary alicyclic amines) is 1. The van der Waals surface area contributed by atoms with E-state index in [1.165, 1.54) is 0 Å². The number of carbonyl (C=O) groups excluding carboxylic acids is 2. The van der Waals surface area contributed by atoms with Crippen LogP contribution in [0.4, 0.5) is 5.69 Å². The molecule has 6 nitrogen and oxygen atoms in total. The Balaban J connectivity index is 1.36. The number of para-hydroxylation sites is 1. The number of nitrogens with one attached hydrogen (secondary N) is 1. The molecular formula is C21H29N3O3. The highest BCUT2D eigenvalue weighted by molar-refractivity contribution is 5.94. The number of nitrogens with zero attached hydrogens (tertiary/aromatic N) is 2. The molecule has 1 fully saturated rings. The first-order valence-corrected chi connectivity index (χ1v) is 9.89. The fourth-order valence-corrected chi connectivity index (χ4v) is 3.60. The van der Waals surface area contributed by atoms with Crippen LogP contribution in [0.5, 0.6) is 0 Å². The molecule has 0 spiro atoms. The summed E-state index contributed by atoms with van der Waals surface area (Å²) in [5.74, 6) is 0.908. The summed E-state index contributed by atoms with van der Waals surface area (Å²) in [6.45, 7) is 5.60. The minimum absolute atomic E-state index is 0.0506. The molecule has 0 aromatic heterocycles. The molecule has 27 heavy (non-hydrogen) atoms. The number of carbonyl (C=O) groups is 2. The van der Waals surface area contributed by atoms with Gasteiger partial charge in [-0.15, -0.1) is 0 Å². The third-order valence-electron chi connectivity index (χ3n) is 5.40. The summed E-state index contributed by atoms with van der Waals surface area (Å²) in [6, 6.07) is 9.53. The standard InChI is InChI=1S/C21H29N3O3/c1-15(2)18-14-19(27-23-18)21(26)24-12-10-16(11-13-24)8-9-20(25)22-17-6-4-3-5-7-17/h3-7,15-16,19H,8-14H2,1-2H3,(H,22,25)/t19-/m1/s1. The van der Waals surface area contributed by atoms with Crippen LogP contribution in [-0.4, -0.2) is 41.6 Å². The summed E-state index contributed by atoms with van der Waals surface area (Å²) in [4.78, 5) is 31.9. The molecule has 1 N–H and O–H groups in total. The number of hydrogen-bond acceptors (Lipinski definition) is 4. The van der Waals surface area contributed by atoms with Crippen LogP contribution in [-0.2, 0) is 14.4 Å². The molecule has 0 unspecified atom stereocenters. The van der Waals surface area contributed by atoms with E-state index in [1.54, 1.807) is 0 Å². The zero-order valence-electron chi connectivity index (χ0n) is 16.2. The molecule has 0 bridgehead atoms. The first-order chi connectivity index (χ1) is 13.0. The predicted octanol–water partition coefficient (Wildman–Crippen LogP) is 3.44. The Morgan fingerprint density at radius 1 is 1.22 bits per heavy atom. The van der Waals surface area contributed by atoms with E-state index in [1.807, 2.05) is 35.2 Å². The quantitative estimate of drug-likeness (QED) is 0.833. The van der Waals surface area contributed by atoms with Crippen molar-refractivity contribution in [1.29, 1.82) is 0 Å². The lowest BCUT2D eigenvalue weighted by Gasteiger charge is -2.33. The lowest BCUT2D eigenvalue weighted by atomic mass is 9.91. The molecule has 3 rings (SSSR count). The molecule has 2 aliphatic rings. The van der Waals surface area contributed by atoms with Gasteiger partial charge in [0.25, 0.3) is 5.91 Å².